The molecule has 0 radical (unpaired) electrons. The van der Waals surface area contributed by atoms with E-state index in [1.54, 1.807) is 38.1 Å². The van der Waals surface area contributed by atoms with Crippen molar-refractivity contribution >= 4 is 34.3 Å². The third-order valence-electron chi connectivity index (χ3n) is 5.05. The molecule has 7 heteroatoms. The molecular weight excluding hydrogens is 408 g/mol. The molecule has 0 aliphatic carbocycles. The number of ether oxygens (including phenoxy) is 2. The Morgan fingerprint density at radius 3 is 2.38 bits per heavy atom. The van der Waals surface area contributed by atoms with Crippen LogP contribution in [0.2, 0.25) is 0 Å². The fourth-order valence-electron chi connectivity index (χ4n) is 3.27. The van der Waals surface area contributed by atoms with Gasteiger partial charge >= 0.3 is 5.97 Å². The number of benzene rings is 2. The summed E-state index contributed by atoms with van der Waals surface area (Å²) in [5.74, 6) is -1.22. The molecule has 1 heterocycles. The van der Waals surface area contributed by atoms with Crippen LogP contribution in [0, 0.1) is 12.8 Å². The van der Waals surface area contributed by atoms with Gasteiger partial charge in [-0.15, -0.1) is 0 Å². The lowest BCUT2D eigenvalue weighted by atomic mass is 10.0. The Morgan fingerprint density at radius 1 is 1.03 bits per heavy atom. The molecule has 0 bridgehead atoms. The van der Waals surface area contributed by atoms with Crippen LogP contribution >= 0.6 is 0 Å². The highest BCUT2D eigenvalue weighted by Crippen LogP contribution is 2.24. The molecule has 0 spiro atoms. The number of hydrogen-bond donors (Lipinski definition) is 1. The SMILES string of the molecule is COCc1nc2ccccc2c(C)c1C(=O)OCC(=O)c1ccc(NC(=O)C(C)C)cc1. The second kappa shape index (κ2) is 10.2. The van der Waals surface area contributed by atoms with Gasteiger partial charge in [-0.05, 0) is 42.8 Å². The first kappa shape index (κ1) is 23.1. The summed E-state index contributed by atoms with van der Waals surface area (Å²) in [6.07, 6.45) is 0. The van der Waals surface area contributed by atoms with Gasteiger partial charge in [0.15, 0.2) is 12.4 Å². The van der Waals surface area contributed by atoms with Gasteiger partial charge in [0.1, 0.15) is 0 Å². The molecule has 0 saturated carbocycles. The number of pyridine rings is 1. The van der Waals surface area contributed by atoms with Gasteiger partial charge in [-0.1, -0.05) is 32.0 Å². The number of anilines is 1. The maximum atomic E-state index is 12.9. The molecule has 166 valence electrons. The van der Waals surface area contributed by atoms with E-state index in [-0.39, 0.29) is 24.2 Å². The summed E-state index contributed by atoms with van der Waals surface area (Å²) in [6.45, 7) is 5.16. The van der Waals surface area contributed by atoms with Crippen molar-refractivity contribution in [1.82, 2.24) is 4.98 Å². The van der Waals surface area contributed by atoms with Crippen LogP contribution in [0.3, 0.4) is 0 Å². The lowest BCUT2D eigenvalue weighted by Crippen LogP contribution is -2.18. The van der Waals surface area contributed by atoms with E-state index in [4.69, 9.17) is 9.47 Å². The van der Waals surface area contributed by atoms with Crippen molar-refractivity contribution in [3.63, 3.8) is 0 Å². The first-order valence-corrected chi connectivity index (χ1v) is 10.3. The second-order valence-electron chi connectivity index (χ2n) is 7.73. The van der Waals surface area contributed by atoms with E-state index in [2.05, 4.69) is 10.3 Å². The average Bonchev–Trinajstić information content (AvgIpc) is 2.78. The van der Waals surface area contributed by atoms with Crippen LogP contribution in [-0.2, 0) is 20.9 Å². The van der Waals surface area contributed by atoms with Crippen molar-refractivity contribution in [3.05, 3.63) is 70.9 Å². The molecule has 0 aliphatic heterocycles. The fourth-order valence-corrected chi connectivity index (χ4v) is 3.27. The highest BCUT2D eigenvalue weighted by atomic mass is 16.5. The number of aromatic nitrogens is 1. The maximum absolute atomic E-state index is 12.9. The monoisotopic (exact) mass is 434 g/mol. The number of ketones is 1. The largest absolute Gasteiger partial charge is 0.454 e. The number of esters is 1. The number of carbonyl (C=O) groups excluding carboxylic acids is 3. The number of amides is 1. The summed E-state index contributed by atoms with van der Waals surface area (Å²) in [7, 11) is 1.53. The molecule has 1 amide bonds. The molecule has 3 rings (SSSR count). The Bertz CT molecular complexity index is 1150. The summed E-state index contributed by atoms with van der Waals surface area (Å²) >= 11 is 0. The lowest BCUT2D eigenvalue weighted by molar-refractivity contribution is -0.118. The van der Waals surface area contributed by atoms with Gasteiger partial charge in [-0.3, -0.25) is 9.59 Å². The topological polar surface area (TPSA) is 94.6 Å². The minimum Gasteiger partial charge on any atom is -0.454 e. The van der Waals surface area contributed by atoms with Crippen molar-refractivity contribution in [2.24, 2.45) is 5.92 Å². The van der Waals surface area contributed by atoms with Crippen molar-refractivity contribution < 1.29 is 23.9 Å². The summed E-state index contributed by atoms with van der Waals surface area (Å²) in [5, 5.41) is 3.60. The van der Waals surface area contributed by atoms with Crippen LogP contribution in [0.5, 0.6) is 0 Å². The molecule has 2 aromatic carbocycles. The molecule has 1 N–H and O–H groups in total. The van der Waals surface area contributed by atoms with Crippen molar-refractivity contribution in [2.75, 3.05) is 19.0 Å². The zero-order chi connectivity index (χ0) is 23.3. The van der Waals surface area contributed by atoms with Crippen molar-refractivity contribution in [1.29, 1.82) is 0 Å². The normalized spacial score (nSPS) is 10.9. The number of nitrogens with zero attached hydrogens (tertiary/aromatic N) is 1. The average molecular weight is 434 g/mol. The van der Waals surface area contributed by atoms with E-state index in [1.165, 1.54) is 7.11 Å². The second-order valence-corrected chi connectivity index (χ2v) is 7.73. The van der Waals surface area contributed by atoms with Gasteiger partial charge in [0.25, 0.3) is 0 Å². The third kappa shape index (κ3) is 5.18. The zero-order valence-electron chi connectivity index (χ0n) is 18.6. The highest BCUT2D eigenvalue weighted by Gasteiger charge is 2.21. The molecule has 0 saturated heterocycles. The van der Waals surface area contributed by atoms with Gasteiger partial charge in [0.05, 0.1) is 23.4 Å². The predicted octanol–water partition coefficient (Wildman–Crippen LogP) is 4.32. The Kier molecular flexibility index (Phi) is 7.33. The zero-order valence-corrected chi connectivity index (χ0v) is 18.6. The predicted molar refractivity (Wildman–Crippen MR) is 122 cm³/mol. The van der Waals surface area contributed by atoms with Gasteiger partial charge in [0.2, 0.25) is 5.91 Å². The lowest BCUT2D eigenvalue weighted by Gasteiger charge is -2.14. The van der Waals surface area contributed by atoms with E-state index in [1.807, 2.05) is 31.2 Å². The first-order valence-electron chi connectivity index (χ1n) is 10.3. The number of nitrogens with one attached hydrogen (secondary N) is 1. The molecule has 0 unspecified atom stereocenters. The molecule has 1 aromatic heterocycles. The van der Waals surface area contributed by atoms with Crippen LogP contribution in [0.1, 0.15) is 45.8 Å². The first-order chi connectivity index (χ1) is 15.3. The van der Waals surface area contributed by atoms with Crippen LogP contribution in [0.25, 0.3) is 10.9 Å². The van der Waals surface area contributed by atoms with Gasteiger partial charge in [0, 0.05) is 29.7 Å². The molecule has 0 aliphatic rings. The Morgan fingerprint density at radius 2 is 1.72 bits per heavy atom. The van der Waals surface area contributed by atoms with Crippen molar-refractivity contribution in [3.8, 4) is 0 Å². The Labute approximate surface area is 186 Å². The summed E-state index contributed by atoms with van der Waals surface area (Å²) < 4.78 is 10.5. The van der Waals surface area contributed by atoms with Crippen LogP contribution in [0.4, 0.5) is 5.69 Å². The quantitative estimate of drug-likeness (QED) is 0.419. The van der Waals surface area contributed by atoms with Gasteiger partial charge in [-0.25, -0.2) is 9.78 Å². The molecule has 7 nitrogen and oxygen atoms in total. The fraction of sp³-hybridized carbons (Fsp3) is 0.280. The van der Waals surface area contributed by atoms with Gasteiger partial charge in [-0.2, -0.15) is 0 Å². The number of fused-ring (bicyclic) bond motifs is 1. The number of methoxy groups -OCH3 is 1. The highest BCUT2D eigenvalue weighted by molar-refractivity contribution is 6.02. The van der Waals surface area contributed by atoms with E-state index < -0.39 is 12.6 Å². The molecule has 0 fully saturated rings. The Hall–Kier alpha value is -3.58. The number of Topliss-reactive ketones (excluding diaryl/α,β-unsaturated/α-hetero) is 1. The van der Waals surface area contributed by atoms with Crippen molar-refractivity contribution in [2.45, 2.75) is 27.4 Å². The van der Waals surface area contributed by atoms with E-state index >= 15 is 0 Å². The van der Waals surface area contributed by atoms with Crippen LogP contribution in [0.15, 0.2) is 48.5 Å². The molecular formula is C25H26N2O5. The smallest absolute Gasteiger partial charge is 0.340 e. The van der Waals surface area contributed by atoms with Crippen LogP contribution in [-0.4, -0.2) is 36.4 Å². The Balaban J connectivity index is 1.73. The number of aryl methyl sites for hydroxylation is 1. The summed E-state index contributed by atoms with van der Waals surface area (Å²) in [6, 6.07) is 14.0. The molecule has 0 atom stereocenters. The minimum atomic E-state index is -0.623. The number of para-hydroxylation sites is 1. The van der Waals surface area contributed by atoms with Gasteiger partial charge < -0.3 is 14.8 Å². The van der Waals surface area contributed by atoms with E-state index in [0.29, 0.717) is 22.5 Å². The molecule has 32 heavy (non-hydrogen) atoms. The molecule has 3 aromatic rings. The summed E-state index contributed by atoms with van der Waals surface area (Å²) in [5.41, 5.74) is 3.24. The standard InChI is InChI=1S/C25H26N2O5/c1-15(2)24(29)26-18-11-9-17(10-12-18)22(28)14-32-25(30)23-16(3)19-7-5-6-8-20(19)27-21(23)13-31-4/h5-12,15H,13-14H2,1-4H3,(H,26,29). The maximum Gasteiger partial charge on any atom is 0.340 e. The third-order valence-corrected chi connectivity index (χ3v) is 5.05. The van der Waals surface area contributed by atoms with E-state index in [0.717, 1.165) is 16.5 Å². The van der Waals surface area contributed by atoms with Crippen LogP contribution < -0.4 is 5.32 Å². The number of carbonyl (C=O) groups is 3. The minimum absolute atomic E-state index is 0.107. The number of hydrogen-bond acceptors (Lipinski definition) is 6. The summed E-state index contributed by atoms with van der Waals surface area (Å²) in [4.78, 5) is 41.7. The number of rotatable bonds is 8. The van der Waals surface area contributed by atoms with E-state index in [9.17, 15) is 14.4 Å².